The predicted molar refractivity (Wildman–Crippen MR) is 43.4 cm³/mol. The molecule has 1 fully saturated rings. The monoisotopic (exact) mass is 159 g/mol. The highest BCUT2D eigenvalue weighted by atomic mass is 16.3. The summed E-state index contributed by atoms with van der Waals surface area (Å²) in [4.78, 5) is 2.18. The Balaban J connectivity index is 2.48. The minimum Gasteiger partial charge on any atom is -0.395 e. The van der Waals surface area contributed by atoms with Crippen LogP contribution in [0.5, 0.6) is 0 Å². The Morgan fingerprint density at radius 3 is 1.91 bits per heavy atom. The molecule has 0 spiro atoms. The molecule has 3 nitrogen and oxygen atoms in total. The van der Waals surface area contributed by atoms with Crippen LogP contribution in [0.2, 0.25) is 0 Å². The number of hydrogen-bond donors (Lipinski definition) is 2. The lowest BCUT2D eigenvalue weighted by atomic mass is 10.2. The van der Waals surface area contributed by atoms with Crippen LogP contribution in [0, 0.1) is 0 Å². The molecule has 0 aromatic carbocycles. The average molecular weight is 159 g/mol. The zero-order valence-corrected chi connectivity index (χ0v) is 7.03. The van der Waals surface area contributed by atoms with Crippen LogP contribution in [0.3, 0.4) is 0 Å². The maximum Gasteiger partial charge on any atom is 0.0587 e. The van der Waals surface area contributed by atoms with Crippen molar-refractivity contribution >= 4 is 0 Å². The van der Waals surface area contributed by atoms with Crippen LogP contribution >= 0.6 is 0 Å². The Morgan fingerprint density at radius 2 is 1.64 bits per heavy atom. The van der Waals surface area contributed by atoms with Crippen LogP contribution in [-0.2, 0) is 0 Å². The normalized spacial score (nSPS) is 33.0. The largest absolute Gasteiger partial charge is 0.395 e. The molecular weight excluding hydrogens is 142 g/mol. The van der Waals surface area contributed by atoms with Crippen molar-refractivity contribution in [3.8, 4) is 0 Å². The van der Waals surface area contributed by atoms with Crippen LogP contribution in [0.4, 0.5) is 0 Å². The van der Waals surface area contributed by atoms with E-state index in [1.807, 2.05) is 0 Å². The number of nitrogens with zero attached hydrogens (tertiary/aromatic N) is 1. The quantitative estimate of drug-likeness (QED) is 0.600. The van der Waals surface area contributed by atoms with E-state index in [0.717, 1.165) is 19.4 Å². The van der Waals surface area contributed by atoms with Crippen LogP contribution in [0.15, 0.2) is 0 Å². The Morgan fingerprint density at radius 1 is 1.18 bits per heavy atom. The molecule has 1 heterocycles. The fourth-order valence-electron chi connectivity index (χ4n) is 1.92. The molecule has 0 aliphatic carbocycles. The molecule has 1 aliphatic heterocycles. The highest BCUT2D eigenvalue weighted by molar-refractivity contribution is 4.85. The number of likely N-dealkylation sites (N-methyl/N-ethyl adjacent to an activating group) is 1. The van der Waals surface area contributed by atoms with Crippen molar-refractivity contribution in [2.45, 2.75) is 31.8 Å². The first kappa shape index (κ1) is 8.97. The second kappa shape index (κ2) is 4.04. The van der Waals surface area contributed by atoms with Crippen LogP contribution in [-0.4, -0.2) is 47.0 Å². The number of aliphatic hydroxyl groups is 2. The summed E-state index contributed by atoms with van der Waals surface area (Å²) in [7, 11) is 0. The Labute approximate surface area is 67.6 Å². The van der Waals surface area contributed by atoms with Crippen molar-refractivity contribution in [3.05, 3.63) is 0 Å². The number of aliphatic hydroxyl groups excluding tert-OH is 2. The van der Waals surface area contributed by atoms with Crippen LogP contribution < -0.4 is 0 Å². The van der Waals surface area contributed by atoms with E-state index in [1.54, 1.807) is 0 Å². The molecule has 0 saturated carbocycles. The van der Waals surface area contributed by atoms with Gasteiger partial charge in [-0.1, -0.05) is 6.92 Å². The van der Waals surface area contributed by atoms with Gasteiger partial charge in [0.2, 0.25) is 0 Å². The summed E-state index contributed by atoms with van der Waals surface area (Å²) < 4.78 is 0. The standard InChI is InChI=1S/C8H17NO2/c1-2-9-7(5-10)3-4-8(9)6-11/h7-8,10-11H,2-6H2,1H3. The SMILES string of the molecule is CCN1C(CO)CCC1CO. The summed E-state index contributed by atoms with van der Waals surface area (Å²) in [5.41, 5.74) is 0. The van der Waals surface area contributed by atoms with Crippen LogP contribution in [0.25, 0.3) is 0 Å². The summed E-state index contributed by atoms with van der Waals surface area (Å²) >= 11 is 0. The van der Waals surface area contributed by atoms with Crippen molar-refractivity contribution in [1.82, 2.24) is 4.90 Å². The summed E-state index contributed by atoms with van der Waals surface area (Å²) in [6, 6.07) is 0.578. The zero-order valence-electron chi connectivity index (χ0n) is 7.03. The van der Waals surface area contributed by atoms with E-state index in [9.17, 15) is 0 Å². The average Bonchev–Trinajstić information content (AvgIpc) is 2.45. The summed E-state index contributed by atoms with van der Waals surface area (Å²) in [6.07, 6.45) is 2.05. The molecule has 0 aromatic rings. The number of hydrogen-bond acceptors (Lipinski definition) is 3. The second-order valence-corrected chi connectivity index (χ2v) is 3.08. The van der Waals surface area contributed by atoms with E-state index in [-0.39, 0.29) is 25.3 Å². The van der Waals surface area contributed by atoms with E-state index < -0.39 is 0 Å². The first-order valence-corrected chi connectivity index (χ1v) is 4.31. The van der Waals surface area contributed by atoms with E-state index in [4.69, 9.17) is 10.2 Å². The lowest BCUT2D eigenvalue weighted by molar-refractivity contribution is 0.102. The fraction of sp³-hybridized carbons (Fsp3) is 1.00. The minimum atomic E-state index is 0.227. The van der Waals surface area contributed by atoms with Gasteiger partial charge in [-0.3, -0.25) is 4.90 Å². The molecule has 11 heavy (non-hydrogen) atoms. The van der Waals surface area contributed by atoms with Gasteiger partial charge < -0.3 is 10.2 Å². The summed E-state index contributed by atoms with van der Waals surface area (Å²) in [5.74, 6) is 0. The van der Waals surface area contributed by atoms with Gasteiger partial charge in [0, 0.05) is 12.1 Å². The first-order chi connectivity index (χ1) is 5.33. The van der Waals surface area contributed by atoms with Gasteiger partial charge in [-0.05, 0) is 19.4 Å². The lowest BCUT2D eigenvalue weighted by Crippen LogP contribution is -2.39. The smallest absolute Gasteiger partial charge is 0.0587 e. The van der Waals surface area contributed by atoms with Crippen molar-refractivity contribution in [3.63, 3.8) is 0 Å². The van der Waals surface area contributed by atoms with Crippen molar-refractivity contribution < 1.29 is 10.2 Å². The molecular formula is C8H17NO2. The van der Waals surface area contributed by atoms with Gasteiger partial charge in [0.05, 0.1) is 13.2 Å². The van der Waals surface area contributed by atoms with Crippen molar-refractivity contribution in [1.29, 1.82) is 0 Å². The molecule has 2 N–H and O–H groups in total. The molecule has 0 aromatic heterocycles. The van der Waals surface area contributed by atoms with Gasteiger partial charge >= 0.3 is 0 Å². The number of rotatable bonds is 3. The number of likely N-dealkylation sites (tertiary alicyclic amines) is 1. The molecule has 66 valence electrons. The highest BCUT2D eigenvalue weighted by Crippen LogP contribution is 2.22. The molecule has 2 atom stereocenters. The zero-order chi connectivity index (χ0) is 8.27. The molecule has 2 unspecified atom stereocenters. The van der Waals surface area contributed by atoms with Crippen molar-refractivity contribution in [2.24, 2.45) is 0 Å². The maximum atomic E-state index is 8.96. The third-order valence-electron chi connectivity index (χ3n) is 2.56. The van der Waals surface area contributed by atoms with Gasteiger partial charge in [-0.15, -0.1) is 0 Å². The van der Waals surface area contributed by atoms with E-state index in [2.05, 4.69) is 11.8 Å². The molecule has 1 rings (SSSR count). The molecule has 3 heteroatoms. The third-order valence-corrected chi connectivity index (χ3v) is 2.56. The van der Waals surface area contributed by atoms with Gasteiger partial charge in [0.15, 0.2) is 0 Å². The van der Waals surface area contributed by atoms with Gasteiger partial charge in [0.25, 0.3) is 0 Å². The Bertz CT molecular complexity index is 107. The third kappa shape index (κ3) is 1.72. The van der Waals surface area contributed by atoms with Crippen molar-refractivity contribution in [2.75, 3.05) is 19.8 Å². The minimum absolute atomic E-state index is 0.227. The van der Waals surface area contributed by atoms with Gasteiger partial charge in [-0.25, -0.2) is 0 Å². The molecule has 1 aliphatic rings. The van der Waals surface area contributed by atoms with Gasteiger partial charge in [0.1, 0.15) is 0 Å². The highest BCUT2D eigenvalue weighted by Gasteiger charge is 2.30. The molecule has 0 bridgehead atoms. The van der Waals surface area contributed by atoms with Crippen LogP contribution in [0.1, 0.15) is 19.8 Å². The lowest BCUT2D eigenvalue weighted by Gasteiger charge is -2.26. The molecule has 0 radical (unpaired) electrons. The molecule has 1 saturated heterocycles. The maximum absolute atomic E-state index is 8.96. The molecule has 0 amide bonds. The first-order valence-electron chi connectivity index (χ1n) is 4.31. The van der Waals surface area contributed by atoms with E-state index >= 15 is 0 Å². The predicted octanol–water partition coefficient (Wildman–Crippen LogP) is -0.176. The topological polar surface area (TPSA) is 43.7 Å². The Kier molecular flexibility index (Phi) is 3.30. The van der Waals surface area contributed by atoms with E-state index in [1.165, 1.54) is 0 Å². The van der Waals surface area contributed by atoms with E-state index in [0.29, 0.717) is 0 Å². The summed E-state index contributed by atoms with van der Waals surface area (Å²) in [6.45, 7) is 3.45. The van der Waals surface area contributed by atoms with Gasteiger partial charge in [-0.2, -0.15) is 0 Å². The summed E-state index contributed by atoms with van der Waals surface area (Å²) in [5, 5.41) is 17.9. The fourth-order valence-corrected chi connectivity index (χ4v) is 1.92. The Hall–Kier alpha value is -0.120. The second-order valence-electron chi connectivity index (χ2n) is 3.08.